The minimum atomic E-state index is -1.06. The highest BCUT2D eigenvalue weighted by Crippen LogP contribution is 2.60. The van der Waals surface area contributed by atoms with Crippen LogP contribution >= 0.6 is 0 Å². The van der Waals surface area contributed by atoms with Gasteiger partial charge in [-0.05, 0) is 37.4 Å². The van der Waals surface area contributed by atoms with Crippen LogP contribution < -0.4 is 5.32 Å². The number of para-hydroxylation sites is 1. The number of amides is 3. The Hall–Kier alpha value is -2.99. The van der Waals surface area contributed by atoms with Gasteiger partial charge in [-0.3, -0.25) is 24.2 Å². The summed E-state index contributed by atoms with van der Waals surface area (Å²) in [6, 6.07) is 17.5. The second kappa shape index (κ2) is 6.25. The van der Waals surface area contributed by atoms with E-state index in [-0.39, 0.29) is 23.8 Å². The van der Waals surface area contributed by atoms with Crippen molar-refractivity contribution in [2.24, 2.45) is 11.8 Å². The highest BCUT2D eigenvalue weighted by atomic mass is 16.2. The molecular weight excluding hydrogens is 378 g/mol. The zero-order chi connectivity index (χ0) is 20.5. The number of likely N-dealkylation sites (tertiary alicyclic amines) is 1. The van der Waals surface area contributed by atoms with Crippen LogP contribution in [0.1, 0.15) is 24.0 Å². The maximum Gasteiger partial charge on any atom is 0.250 e. The van der Waals surface area contributed by atoms with E-state index < -0.39 is 17.4 Å². The van der Waals surface area contributed by atoms with Crippen molar-refractivity contribution in [3.63, 3.8) is 0 Å². The average Bonchev–Trinajstić information content (AvgIpc) is 3.46. The van der Waals surface area contributed by atoms with Crippen molar-refractivity contribution in [3.05, 3.63) is 65.7 Å². The minimum absolute atomic E-state index is 0.0509. The zero-order valence-corrected chi connectivity index (χ0v) is 16.6. The van der Waals surface area contributed by atoms with Gasteiger partial charge in [-0.1, -0.05) is 48.5 Å². The number of anilines is 1. The predicted molar refractivity (Wildman–Crippen MR) is 110 cm³/mol. The number of carbonyl (C=O) groups is 3. The molecule has 152 valence electrons. The number of carbonyl (C=O) groups excluding carboxylic acids is 3. The summed E-state index contributed by atoms with van der Waals surface area (Å²) in [4.78, 5) is 44.2. The first-order valence-electron chi connectivity index (χ1n) is 10.7. The molecule has 4 atom stereocenters. The second-order valence-corrected chi connectivity index (χ2v) is 8.74. The fourth-order valence-corrected chi connectivity index (χ4v) is 6.32. The fraction of sp³-hybridized carbons (Fsp3) is 0.375. The third-order valence-electron chi connectivity index (χ3n) is 7.46. The van der Waals surface area contributed by atoms with E-state index >= 15 is 0 Å². The highest BCUT2D eigenvalue weighted by Gasteiger charge is 2.74. The average molecular weight is 401 g/mol. The molecule has 0 bridgehead atoms. The standard InChI is InChI=1S/C24H23N3O3/c28-21-19-18-11-6-13-27(18)24(16-9-4-5-10-17(16)25-23(24)30)20(19)22(29)26(21)14-12-15-7-2-1-3-8-15/h1-5,7-10,18-20H,6,11-14H2,(H,25,30)/t18-,19-,20+,24-/m1/s1. The zero-order valence-electron chi connectivity index (χ0n) is 16.6. The van der Waals surface area contributed by atoms with Gasteiger partial charge in [0.15, 0.2) is 0 Å². The topological polar surface area (TPSA) is 69.7 Å². The van der Waals surface area contributed by atoms with Gasteiger partial charge in [0.1, 0.15) is 5.54 Å². The summed E-state index contributed by atoms with van der Waals surface area (Å²) in [6.45, 7) is 1.10. The van der Waals surface area contributed by atoms with Crippen LogP contribution in [0.2, 0.25) is 0 Å². The summed E-state index contributed by atoms with van der Waals surface area (Å²) in [7, 11) is 0. The van der Waals surface area contributed by atoms with E-state index in [9.17, 15) is 14.4 Å². The van der Waals surface area contributed by atoms with E-state index in [2.05, 4.69) is 10.2 Å². The van der Waals surface area contributed by atoms with Crippen LogP contribution in [0.4, 0.5) is 5.69 Å². The molecule has 1 N–H and O–H groups in total. The molecular formula is C24H23N3O3. The van der Waals surface area contributed by atoms with E-state index in [1.165, 1.54) is 4.90 Å². The van der Waals surface area contributed by atoms with Crippen molar-refractivity contribution < 1.29 is 14.4 Å². The molecule has 6 heteroatoms. The maximum atomic E-state index is 13.7. The molecule has 3 saturated heterocycles. The molecule has 0 unspecified atom stereocenters. The van der Waals surface area contributed by atoms with Crippen molar-refractivity contribution in [2.45, 2.75) is 30.8 Å². The van der Waals surface area contributed by atoms with Crippen LogP contribution in [0, 0.1) is 11.8 Å². The normalized spacial score (nSPS) is 31.9. The van der Waals surface area contributed by atoms with Gasteiger partial charge in [-0.25, -0.2) is 0 Å². The summed E-state index contributed by atoms with van der Waals surface area (Å²) in [6.07, 6.45) is 2.42. The number of hydrogen-bond acceptors (Lipinski definition) is 4. The molecule has 0 saturated carbocycles. The quantitative estimate of drug-likeness (QED) is 0.801. The van der Waals surface area contributed by atoms with Crippen LogP contribution in [0.3, 0.4) is 0 Å². The molecule has 4 aliphatic heterocycles. The number of fused-ring (bicyclic) bond motifs is 7. The molecule has 6 nitrogen and oxygen atoms in total. The van der Waals surface area contributed by atoms with Crippen molar-refractivity contribution in [3.8, 4) is 0 Å². The first-order chi connectivity index (χ1) is 14.6. The van der Waals surface area contributed by atoms with Crippen LogP contribution in [0.15, 0.2) is 54.6 Å². The molecule has 4 aliphatic rings. The Bertz CT molecular complexity index is 1070. The lowest BCUT2D eigenvalue weighted by molar-refractivity contribution is -0.145. The SMILES string of the molecule is O=C1[C@@H]2[C@H]3CCCN3[C@@]3(C(=O)Nc4ccccc43)[C@@H]2C(=O)N1CCc1ccccc1. The molecule has 30 heavy (non-hydrogen) atoms. The van der Waals surface area contributed by atoms with Crippen molar-refractivity contribution in [2.75, 3.05) is 18.4 Å². The van der Waals surface area contributed by atoms with Gasteiger partial charge in [0.05, 0.1) is 11.8 Å². The van der Waals surface area contributed by atoms with Crippen molar-refractivity contribution in [1.29, 1.82) is 0 Å². The molecule has 3 fully saturated rings. The Morgan fingerprint density at radius 3 is 2.57 bits per heavy atom. The Balaban J connectivity index is 1.42. The molecule has 0 radical (unpaired) electrons. The van der Waals surface area contributed by atoms with Crippen molar-refractivity contribution >= 4 is 23.4 Å². The van der Waals surface area contributed by atoms with Gasteiger partial charge in [0.25, 0.3) is 0 Å². The molecule has 3 amide bonds. The van der Waals surface area contributed by atoms with Crippen LogP contribution in [-0.2, 0) is 26.3 Å². The third-order valence-corrected chi connectivity index (χ3v) is 7.46. The van der Waals surface area contributed by atoms with E-state index in [1.54, 1.807) is 0 Å². The minimum Gasteiger partial charge on any atom is -0.324 e. The smallest absolute Gasteiger partial charge is 0.250 e. The summed E-state index contributed by atoms with van der Waals surface area (Å²) < 4.78 is 0. The number of rotatable bonds is 3. The fourth-order valence-electron chi connectivity index (χ4n) is 6.32. The Morgan fingerprint density at radius 2 is 1.73 bits per heavy atom. The molecule has 2 aromatic carbocycles. The largest absolute Gasteiger partial charge is 0.324 e. The molecule has 4 heterocycles. The van der Waals surface area contributed by atoms with Gasteiger partial charge < -0.3 is 5.32 Å². The van der Waals surface area contributed by atoms with Crippen LogP contribution in [0.25, 0.3) is 0 Å². The van der Waals surface area contributed by atoms with Crippen LogP contribution in [0.5, 0.6) is 0 Å². The van der Waals surface area contributed by atoms with E-state index in [0.29, 0.717) is 13.0 Å². The second-order valence-electron chi connectivity index (χ2n) is 8.74. The van der Waals surface area contributed by atoms with Gasteiger partial charge in [0, 0.05) is 23.8 Å². The number of benzene rings is 2. The van der Waals surface area contributed by atoms with Gasteiger partial charge >= 0.3 is 0 Å². The number of nitrogens with one attached hydrogen (secondary N) is 1. The first-order valence-corrected chi connectivity index (χ1v) is 10.7. The monoisotopic (exact) mass is 401 g/mol. The lowest BCUT2D eigenvalue weighted by Crippen LogP contribution is -2.54. The molecule has 6 rings (SSSR count). The third kappa shape index (κ3) is 2.09. The Labute approximate surface area is 174 Å². The lowest BCUT2D eigenvalue weighted by atomic mass is 9.75. The van der Waals surface area contributed by atoms with E-state index in [0.717, 1.165) is 36.2 Å². The molecule has 2 aromatic rings. The Kier molecular flexibility index (Phi) is 3.72. The lowest BCUT2D eigenvalue weighted by Gasteiger charge is -2.36. The van der Waals surface area contributed by atoms with Crippen molar-refractivity contribution in [1.82, 2.24) is 9.80 Å². The van der Waals surface area contributed by atoms with Crippen LogP contribution in [-0.4, -0.2) is 46.7 Å². The number of nitrogens with zero attached hydrogens (tertiary/aromatic N) is 2. The van der Waals surface area contributed by atoms with Gasteiger partial charge in [0.2, 0.25) is 17.7 Å². The molecule has 1 spiro atoms. The molecule has 0 aliphatic carbocycles. The summed E-state index contributed by atoms with van der Waals surface area (Å²) in [5.74, 6) is -1.54. The highest BCUT2D eigenvalue weighted by molar-refractivity contribution is 6.15. The molecule has 0 aromatic heterocycles. The van der Waals surface area contributed by atoms with E-state index in [4.69, 9.17) is 0 Å². The summed E-state index contributed by atoms with van der Waals surface area (Å²) in [5, 5.41) is 3.00. The first kappa shape index (κ1) is 17.8. The predicted octanol–water partition coefficient (Wildman–Crippen LogP) is 2.16. The summed E-state index contributed by atoms with van der Waals surface area (Å²) >= 11 is 0. The Morgan fingerprint density at radius 1 is 0.967 bits per heavy atom. The number of imide groups is 1. The summed E-state index contributed by atoms with van der Waals surface area (Å²) in [5.41, 5.74) is 1.64. The number of hydrogen-bond donors (Lipinski definition) is 1. The maximum absolute atomic E-state index is 13.7. The van der Waals surface area contributed by atoms with E-state index in [1.807, 2.05) is 54.6 Å². The van der Waals surface area contributed by atoms with Gasteiger partial charge in [-0.15, -0.1) is 0 Å². The van der Waals surface area contributed by atoms with Gasteiger partial charge in [-0.2, -0.15) is 0 Å².